The lowest BCUT2D eigenvalue weighted by molar-refractivity contribution is 0.563. The lowest BCUT2D eigenvalue weighted by Gasteiger charge is -2.13. The predicted octanol–water partition coefficient (Wildman–Crippen LogP) is 3.01. The van der Waals surface area contributed by atoms with E-state index >= 15 is 0 Å². The molecule has 1 aromatic carbocycles. The second kappa shape index (κ2) is 6.29. The zero-order valence-corrected chi connectivity index (χ0v) is 14.6. The molecule has 0 saturated carbocycles. The Morgan fingerprint density at radius 1 is 1.33 bits per heavy atom. The number of aromatic nitrogens is 2. The van der Waals surface area contributed by atoms with E-state index in [0.29, 0.717) is 12.4 Å². The molecule has 1 unspecified atom stereocenters. The Morgan fingerprint density at radius 2 is 1.95 bits per heavy atom. The summed E-state index contributed by atoms with van der Waals surface area (Å²) in [5.74, 6) is 0.689. The zero-order chi connectivity index (χ0) is 15.6. The number of benzene rings is 1. The number of nitrogens with one attached hydrogen (secondary N) is 1. The minimum atomic E-state index is -3.62. The highest BCUT2D eigenvalue weighted by Gasteiger charge is 2.22. The predicted molar refractivity (Wildman–Crippen MR) is 85.5 cm³/mol. The minimum Gasteiger partial charge on any atom is -0.334 e. The van der Waals surface area contributed by atoms with E-state index in [2.05, 4.69) is 25.6 Å². The summed E-state index contributed by atoms with van der Waals surface area (Å²) in [6, 6.07) is 7.21. The first-order valence-electron chi connectivity index (χ1n) is 6.65. The van der Waals surface area contributed by atoms with Gasteiger partial charge >= 0.3 is 0 Å². The molecular weight excluding hydrogens is 354 g/mol. The maximum atomic E-state index is 12.4. The van der Waals surface area contributed by atoms with Crippen LogP contribution in [0.3, 0.4) is 0 Å². The van der Waals surface area contributed by atoms with Gasteiger partial charge in [0.05, 0.1) is 0 Å². The van der Waals surface area contributed by atoms with Crippen molar-refractivity contribution in [3.05, 3.63) is 46.3 Å². The Balaban J connectivity index is 2.22. The zero-order valence-electron chi connectivity index (χ0n) is 12.2. The molecule has 1 aromatic heterocycles. The highest BCUT2D eigenvalue weighted by atomic mass is 79.9. The second-order valence-electron chi connectivity index (χ2n) is 4.81. The number of hydrogen-bond donors (Lipinski definition) is 1. The number of imidazole rings is 1. The third-order valence-electron chi connectivity index (χ3n) is 3.27. The molecule has 0 radical (unpaired) electrons. The maximum Gasteiger partial charge on any atom is 0.260 e. The molecule has 2 aromatic rings. The Kier molecular flexibility index (Phi) is 4.85. The fourth-order valence-electron chi connectivity index (χ4n) is 2.04. The number of sulfonamides is 1. The summed E-state index contributed by atoms with van der Waals surface area (Å²) in [4.78, 5) is 4.12. The Morgan fingerprint density at radius 3 is 2.48 bits per heavy atom. The SMILES string of the molecule is CCn1cc(S(=O)(=O)NC(C)c2ccc(Br)cc2)nc1C. The van der Waals surface area contributed by atoms with Gasteiger partial charge in [-0.15, -0.1) is 0 Å². The van der Waals surface area contributed by atoms with E-state index in [9.17, 15) is 8.42 Å². The van der Waals surface area contributed by atoms with Gasteiger partial charge in [-0.05, 0) is 38.5 Å². The summed E-state index contributed by atoms with van der Waals surface area (Å²) in [5.41, 5.74) is 0.897. The molecule has 0 saturated heterocycles. The lowest BCUT2D eigenvalue weighted by atomic mass is 10.1. The van der Waals surface area contributed by atoms with Crippen molar-refractivity contribution in [3.8, 4) is 0 Å². The van der Waals surface area contributed by atoms with Gasteiger partial charge in [0.15, 0.2) is 5.03 Å². The van der Waals surface area contributed by atoms with Crippen molar-refractivity contribution in [2.75, 3.05) is 0 Å². The summed E-state index contributed by atoms with van der Waals surface area (Å²) in [6.45, 7) is 6.24. The Bertz CT molecular complexity index is 723. The highest BCUT2D eigenvalue weighted by Crippen LogP contribution is 2.19. The molecule has 7 heteroatoms. The first-order chi connectivity index (χ1) is 9.83. The monoisotopic (exact) mass is 371 g/mol. The van der Waals surface area contributed by atoms with Crippen molar-refractivity contribution < 1.29 is 8.42 Å². The molecule has 5 nitrogen and oxygen atoms in total. The van der Waals surface area contributed by atoms with E-state index in [1.807, 2.05) is 38.1 Å². The summed E-state index contributed by atoms with van der Waals surface area (Å²) in [5, 5.41) is 0.0609. The minimum absolute atomic E-state index is 0.0609. The van der Waals surface area contributed by atoms with Gasteiger partial charge in [0, 0.05) is 23.3 Å². The van der Waals surface area contributed by atoms with E-state index in [0.717, 1.165) is 10.0 Å². The highest BCUT2D eigenvalue weighted by molar-refractivity contribution is 9.10. The van der Waals surface area contributed by atoms with Crippen molar-refractivity contribution >= 4 is 26.0 Å². The van der Waals surface area contributed by atoms with Gasteiger partial charge in [-0.3, -0.25) is 0 Å². The smallest absolute Gasteiger partial charge is 0.260 e. The fourth-order valence-corrected chi connectivity index (χ4v) is 3.55. The van der Waals surface area contributed by atoms with Gasteiger partial charge in [0.2, 0.25) is 0 Å². The van der Waals surface area contributed by atoms with Crippen LogP contribution in [0.5, 0.6) is 0 Å². The molecule has 114 valence electrons. The van der Waals surface area contributed by atoms with Crippen molar-refractivity contribution in [2.45, 2.75) is 38.4 Å². The van der Waals surface area contributed by atoms with Crippen LogP contribution in [0.1, 0.15) is 31.3 Å². The van der Waals surface area contributed by atoms with Crippen LogP contribution in [0.25, 0.3) is 0 Å². The Hall–Kier alpha value is -1.18. The largest absolute Gasteiger partial charge is 0.334 e. The number of aryl methyl sites for hydroxylation is 2. The van der Waals surface area contributed by atoms with E-state index in [1.54, 1.807) is 17.7 Å². The second-order valence-corrected chi connectivity index (χ2v) is 7.38. The van der Waals surface area contributed by atoms with Crippen LogP contribution < -0.4 is 4.72 Å². The molecule has 0 spiro atoms. The van der Waals surface area contributed by atoms with Crippen molar-refractivity contribution in [1.82, 2.24) is 14.3 Å². The van der Waals surface area contributed by atoms with Gasteiger partial charge in [-0.25, -0.2) is 18.1 Å². The van der Waals surface area contributed by atoms with Gasteiger partial charge in [0.25, 0.3) is 10.0 Å². The van der Waals surface area contributed by atoms with E-state index in [4.69, 9.17) is 0 Å². The quantitative estimate of drug-likeness (QED) is 0.878. The van der Waals surface area contributed by atoms with Crippen LogP contribution in [0.2, 0.25) is 0 Å². The molecule has 1 N–H and O–H groups in total. The number of rotatable bonds is 5. The topological polar surface area (TPSA) is 64.0 Å². The molecule has 0 aliphatic rings. The molecule has 0 amide bonds. The van der Waals surface area contributed by atoms with E-state index < -0.39 is 10.0 Å². The maximum absolute atomic E-state index is 12.4. The lowest BCUT2D eigenvalue weighted by Crippen LogP contribution is -2.27. The molecule has 0 aliphatic heterocycles. The van der Waals surface area contributed by atoms with Gasteiger partial charge in [-0.2, -0.15) is 0 Å². The standard InChI is InChI=1S/C14H18BrN3O2S/c1-4-18-9-14(16-11(18)3)21(19,20)17-10(2)12-5-7-13(15)8-6-12/h5-10,17H,4H2,1-3H3. The van der Waals surface area contributed by atoms with Gasteiger partial charge < -0.3 is 4.57 Å². The van der Waals surface area contributed by atoms with Crippen molar-refractivity contribution in [3.63, 3.8) is 0 Å². The summed E-state index contributed by atoms with van der Waals surface area (Å²) >= 11 is 3.36. The third-order valence-corrected chi connectivity index (χ3v) is 5.21. The molecule has 2 rings (SSSR count). The van der Waals surface area contributed by atoms with Crippen LogP contribution in [0.4, 0.5) is 0 Å². The summed E-state index contributed by atoms with van der Waals surface area (Å²) in [7, 11) is -3.62. The fraction of sp³-hybridized carbons (Fsp3) is 0.357. The number of nitrogens with zero attached hydrogens (tertiary/aromatic N) is 2. The molecule has 1 atom stereocenters. The average Bonchev–Trinajstić information content (AvgIpc) is 2.81. The normalized spacial score (nSPS) is 13.3. The molecule has 1 heterocycles. The third kappa shape index (κ3) is 3.72. The molecule has 0 bridgehead atoms. The van der Waals surface area contributed by atoms with E-state index in [-0.39, 0.29) is 11.1 Å². The average molecular weight is 372 g/mol. The molecular formula is C14H18BrN3O2S. The van der Waals surface area contributed by atoms with Crippen LogP contribution in [0.15, 0.2) is 40.0 Å². The van der Waals surface area contributed by atoms with Crippen molar-refractivity contribution in [1.29, 1.82) is 0 Å². The summed E-state index contributed by atoms with van der Waals surface area (Å²) in [6.07, 6.45) is 1.56. The number of hydrogen-bond acceptors (Lipinski definition) is 3. The van der Waals surface area contributed by atoms with Gasteiger partial charge in [0.1, 0.15) is 5.82 Å². The molecule has 0 aliphatic carbocycles. The number of halogens is 1. The van der Waals surface area contributed by atoms with E-state index in [1.165, 1.54) is 0 Å². The molecule has 21 heavy (non-hydrogen) atoms. The van der Waals surface area contributed by atoms with Crippen molar-refractivity contribution in [2.24, 2.45) is 0 Å². The summed E-state index contributed by atoms with van der Waals surface area (Å²) < 4.78 is 30.2. The first-order valence-corrected chi connectivity index (χ1v) is 8.92. The van der Waals surface area contributed by atoms with Crippen LogP contribution in [-0.4, -0.2) is 18.0 Å². The van der Waals surface area contributed by atoms with Crippen LogP contribution in [0, 0.1) is 6.92 Å². The van der Waals surface area contributed by atoms with Gasteiger partial charge in [-0.1, -0.05) is 28.1 Å². The first kappa shape index (κ1) is 16.2. The van der Waals surface area contributed by atoms with Crippen LogP contribution >= 0.6 is 15.9 Å². The van der Waals surface area contributed by atoms with Crippen LogP contribution in [-0.2, 0) is 16.6 Å². The molecule has 0 fully saturated rings. The Labute approximate surface area is 133 Å².